The van der Waals surface area contributed by atoms with E-state index < -0.39 is 0 Å². The zero-order valence-corrected chi connectivity index (χ0v) is 13.1. The summed E-state index contributed by atoms with van der Waals surface area (Å²) in [6, 6.07) is 6.72. The molecule has 1 aliphatic rings. The Balaban J connectivity index is 2.25. The zero-order valence-electron chi connectivity index (χ0n) is 13.1. The summed E-state index contributed by atoms with van der Waals surface area (Å²) in [6.07, 6.45) is 1.77. The molecular formula is C16H17N3O4. The Hall–Kier alpha value is -3.05. The summed E-state index contributed by atoms with van der Waals surface area (Å²) in [7, 11) is 4.50. The Labute approximate surface area is 133 Å². The van der Waals surface area contributed by atoms with Crippen molar-refractivity contribution in [2.24, 2.45) is 0 Å². The lowest BCUT2D eigenvalue weighted by Gasteiger charge is -2.16. The third-order valence-corrected chi connectivity index (χ3v) is 3.38. The van der Waals surface area contributed by atoms with Crippen LogP contribution in [0.25, 0.3) is 5.53 Å². The number of nitrogens with one attached hydrogen (secondary N) is 1. The van der Waals surface area contributed by atoms with E-state index >= 15 is 0 Å². The first-order valence-corrected chi connectivity index (χ1v) is 6.82. The molecule has 0 saturated heterocycles. The van der Waals surface area contributed by atoms with Crippen molar-refractivity contribution in [1.29, 1.82) is 0 Å². The Kier molecular flexibility index (Phi) is 5.17. The largest absolute Gasteiger partial charge is 0.498 e. The molecule has 1 N–H and O–H groups in total. The highest BCUT2D eigenvalue weighted by molar-refractivity contribution is 5.99. The van der Waals surface area contributed by atoms with Crippen LogP contribution >= 0.6 is 0 Å². The van der Waals surface area contributed by atoms with Crippen molar-refractivity contribution in [2.75, 3.05) is 21.3 Å². The minimum absolute atomic E-state index is 0.213. The van der Waals surface area contributed by atoms with Gasteiger partial charge in [-0.2, -0.15) is 4.79 Å². The molecule has 0 radical (unpaired) electrons. The molecule has 120 valence electrons. The summed E-state index contributed by atoms with van der Waals surface area (Å²) in [6.45, 7) is 0. The van der Waals surface area contributed by atoms with Crippen LogP contribution in [-0.4, -0.2) is 37.7 Å². The number of hydrogen-bond acceptors (Lipinski definition) is 4. The fourth-order valence-electron chi connectivity index (χ4n) is 2.12. The van der Waals surface area contributed by atoms with Crippen molar-refractivity contribution in [1.82, 2.24) is 5.32 Å². The highest BCUT2D eigenvalue weighted by Crippen LogP contribution is 2.21. The normalized spacial score (nSPS) is 13.9. The summed E-state index contributed by atoms with van der Waals surface area (Å²) < 4.78 is 15.5. The predicted molar refractivity (Wildman–Crippen MR) is 82.8 cm³/mol. The molecule has 0 aliphatic heterocycles. The first kappa shape index (κ1) is 16.3. The lowest BCUT2D eigenvalue weighted by atomic mass is 10.1. The molecule has 7 heteroatoms. The van der Waals surface area contributed by atoms with Crippen LogP contribution in [0.4, 0.5) is 0 Å². The standard InChI is InChI=1S/C16H17N3O4/c1-21-11-6-4-10(5-7-11)16(20)18-12-8-15(23-3)13(19-17)9-14(12)22-2/h4-8H,9H2,1-3H3,(H,18,20). The second-order valence-electron chi connectivity index (χ2n) is 4.66. The number of hydrogen-bond donors (Lipinski definition) is 1. The smallest absolute Gasteiger partial charge is 0.340 e. The lowest BCUT2D eigenvalue weighted by molar-refractivity contribution is -0.0123. The van der Waals surface area contributed by atoms with Crippen molar-refractivity contribution < 1.29 is 23.8 Å². The van der Waals surface area contributed by atoms with E-state index in [2.05, 4.69) is 10.1 Å². The van der Waals surface area contributed by atoms with E-state index in [9.17, 15) is 4.79 Å². The molecule has 1 amide bonds. The van der Waals surface area contributed by atoms with Gasteiger partial charge in [-0.3, -0.25) is 4.79 Å². The average molecular weight is 315 g/mol. The summed E-state index contributed by atoms with van der Waals surface area (Å²) in [4.78, 5) is 15.5. The Morgan fingerprint density at radius 2 is 1.83 bits per heavy atom. The van der Waals surface area contributed by atoms with Gasteiger partial charge in [0.15, 0.2) is 0 Å². The molecule has 0 atom stereocenters. The molecule has 1 aromatic rings. The molecule has 0 heterocycles. The van der Waals surface area contributed by atoms with Crippen LogP contribution in [0.1, 0.15) is 16.8 Å². The third-order valence-electron chi connectivity index (χ3n) is 3.38. The molecule has 0 bridgehead atoms. The SMILES string of the molecule is COC1=CC(NC(=O)c2ccc(OC)cc2)=C(OC)CC1=[N+]=[N-]. The number of allylic oxidation sites excluding steroid dienone is 3. The van der Waals surface area contributed by atoms with Crippen LogP contribution in [0.3, 0.4) is 0 Å². The van der Waals surface area contributed by atoms with E-state index in [1.54, 1.807) is 37.5 Å². The number of amides is 1. The fourth-order valence-corrected chi connectivity index (χ4v) is 2.12. The molecule has 7 nitrogen and oxygen atoms in total. The highest BCUT2D eigenvalue weighted by Gasteiger charge is 2.28. The van der Waals surface area contributed by atoms with Crippen molar-refractivity contribution in [2.45, 2.75) is 6.42 Å². The zero-order chi connectivity index (χ0) is 16.8. The fraction of sp³-hybridized carbons (Fsp3) is 0.250. The van der Waals surface area contributed by atoms with Crippen LogP contribution in [-0.2, 0) is 9.47 Å². The van der Waals surface area contributed by atoms with Gasteiger partial charge in [-0.1, -0.05) is 0 Å². The monoisotopic (exact) mass is 315 g/mol. The number of nitrogens with zero attached hydrogens (tertiary/aromatic N) is 2. The predicted octanol–water partition coefficient (Wildman–Crippen LogP) is 1.89. The van der Waals surface area contributed by atoms with Crippen LogP contribution < -0.4 is 10.1 Å². The van der Waals surface area contributed by atoms with Gasteiger partial charge < -0.3 is 25.1 Å². The van der Waals surface area contributed by atoms with Crippen molar-refractivity contribution in [3.8, 4) is 5.75 Å². The molecule has 1 aromatic carbocycles. The summed E-state index contributed by atoms with van der Waals surface area (Å²) in [5, 5.41) is 2.76. The van der Waals surface area contributed by atoms with Gasteiger partial charge in [-0.25, -0.2) is 0 Å². The molecule has 1 aliphatic carbocycles. The lowest BCUT2D eigenvalue weighted by Crippen LogP contribution is -2.27. The van der Waals surface area contributed by atoms with Gasteiger partial charge in [0.05, 0.1) is 27.0 Å². The number of methoxy groups -OCH3 is 3. The van der Waals surface area contributed by atoms with Crippen molar-refractivity contribution >= 4 is 11.6 Å². The van der Waals surface area contributed by atoms with Crippen molar-refractivity contribution in [3.05, 3.63) is 58.7 Å². The van der Waals surface area contributed by atoms with Gasteiger partial charge in [0.2, 0.25) is 5.76 Å². The number of carbonyl (C=O) groups excluding carboxylic acids is 1. The van der Waals surface area contributed by atoms with E-state index in [1.165, 1.54) is 14.2 Å². The van der Waals surface area contributed by atoms with Gasteiger partial charge in [0.1, 0.15) is 17.9 Å². The summed E-state index contributed by atoms with van der Waals surface area (Å²) in [5.41, 5.74) is 10.2. The Morgan fingerprint density at radius 1 is 1.13 bits per heavy atom. The topological polar surface area (TPSA) is 93.2 Å². The van der Waals surface area contributed by atoms with E-state index in [1.807, 2.05) is 0 Å². The second kappa shape index (κ2) is 7.29. The van der Waals surface area contributed by atoms with Crippen LogP contribution in [0.15, 0.2) is 47.6 Å². The minimum atomic E-state index is -0.298. The third kappa shape index (κ3) is 3.59. The Morgan fingerprint density at radius 3 is 2.35 bits per heavy atom. The first-order valence-electron chi connectivity index (χ1n) is 6.82. The summed E-state index contributed by atoms with van der Waals surface area (Å²) >= 11 is 0. The van der Waals surface area contributed by atoms with Gasteiger partial charge in [0, 0.05) is 11.6 Å². The molecule has 2 rings (SSSR count). The van der Waals surface area contributed by atoms with Gasteiger partial charge >= 0.3 is 5.71 Å². The van der Waals surface area contributed by atoms with Crippen molar-refractivity contribution in [3.63, 3.8) is 0 Å². The molecule has 23 heavy (non-hydrogen) atoms. The van der Waals surface area contributed by atoms with E-state index in [-0.39, 0.29) is 12.3 Å². The molecule has 0 aromatic heterocycles. The maximum absolute atomic E-state index is 12.3. The second-order valence-corrected chi connectivity index (χ2v) is 4.66. The molecule has 0 spiro atoms. The average Bonchev–Trinajstić information content (AvgIpc) is 2.61. The molecule has 0 fully saturated rings. The quantitative estimate of drug-likeness (QED) is 0.663. The van der Waals surface area contributed by atoms with E-state index in [0.717, 1.165) is 0 Å². The van der Waals surface area contributed by atoms with Gasteiger partial charge in [-0.15, -0.1) is 0 Å². The van der Waals surface area contributed by atoms with Crippen LogP contribution in [0.5, 0.6) is 5.75 Å². The van der Waals surface area contributed by atoms with E-state index in [4.69, 9.17) is 19.7 Å². The van der Waals surface area contributed by atoms with Crippen LogP contribution in [0.2, 0.25) is 0 Å². The maximum atomic E-state index is 12.3. The number of benzene rings is 1. The number of rotatable bonds is 5. The summed E-state index contributed by atoms with van der Waals surface area (Å²) in [5.74, 6) is 1.20. The van der Waals surface area contributed by atoms with Crippen LogP contribution in [0, 0.1) is 0 Å². The molecule has 0 unspecified atom stereocenters. The van der Waals surface area contributed by atoms with Gasteiger partial charge in [0.25, 0.3) is 5.91 Å². The number of ether oxygens (including phenoxy) is 3. The highest BCUT2D eigenvalue weighted by atomic mass is 16.5. The Bertz CT molecular complexity index is 713. The maximum Gasteiger partial charge on any atom is 0.340 e. The van der Waals surface area contributed by atoms with E-state index in [0.29, 0.717) is 34.2 Å². The number of carbonyl (C=O) groups is 1. The minimum Gasteiger partial charge on any atom is -0.498 e. The van der Waals surface area contributed by atoms with Gasteiger partial charge in [-0.05, 0) is 24.3 Å². The first-order chi connectivity index (χ1) is 11.1. The molecular weight excluding hydrogens is 298 g/mol. The molecule has 0 saturated carbocycles.